The summed E-state index contributed by atoms with van der Waals surface area (Å²) in [6, 6.07) is 8.04. The van der Waals surface area contributed by atoms with Crippen LogP contribution in [0.2, 0.25) is 0 Å². The van der Waals surface area contributed by atoms with E-state index in [0.717, 1.165) is 37.3 Å². The van der Waals surface area contributed by atoms with Crippen molar-refractivity contribution in [2.75, 3.05) is 33.4 Å². The van der Waals surface area contributed by atoms with Crippen molar-refractivity contribution in [1.82, 2.24) is 0 Å². The highest BCUT2D eigenvalue weighted by Crippen LogP contribution is 2.32. The van der Waals surface area contributed by atoms with Crippen LogP contribution >= 0.6 is 8.60 Å². The molecule has 1 rings (SSSR count). The summed E-state index contributed by atoms with van der Waals surface area (Å²) in [6.45, 7) is 4.69. The second-order valence-electron chi connectivity index (χ2n) is 8.28. The lowest BCUT2D eigenvalue weighted by Crippen LogP contribution is -2.80. The van der Waals surface area contributed by atoms with E-state index in [1.54, 1.807) is 0 Å². The first-order valence-electron chi connectivity index (χ1n) is 12.5. The van der Waals surface area contributed by atoms with Gasteiger partial charge in [0.1, 0.15) is 18.5 Å². The second-order valence-corrected chi connectivity index (χ2v) is 9.27. The Labute approximate surface area is 201 Å². The summed E-state index contributed by atoms with van der Waals surface area (Å²) in [5.74, 6) is 0.884. The van der Waals surface area contributed by atoms with Gasteiger partial charge in [-0.25, -0.2) is 0 Å². The normalized spacial score (nSPS) is 12.9. The number of ether oxygens (including phenoxy) is 2. The van der Waals surface area contributed by atoms with Crippen LogP contribution in [-0.4, -0.2) is 50.9 Å². The molecular formula is C25H45NO6P+. The van der Waals surface area contributed by atoms with E-state index in [1.807, 2.05) is 36.6 Å². The molecule has 0 saturated heterocycles. The minimum atomic E-state index is -1.95. The van der Waals surface area contributed by atoms with E-state index in [0.29, 0.717) is 19.5 Å². The maximum absolute atomic E-state index is 10.8. The predicted octanol–water partition coefficient (Wildman–Crippen LogP) is 4.52. The Balaban J connectivity index is 2.18. The van der Waals surface area contributed by atoms with Crippen LogP contribution in [0.1, 0.15) is 76.7 Å². The number of carbonyl (C=O) groups excluding carboxylic acids is 1. The lowest BCUT2D eigenvalue weighted by molar-refractivity contribution is -0.627. The van der Waals surface area contributed by atoms with Crippen LogP contribution in [0, 0.1) is 0 Å². The summed E-state index contributed by atoms with van der Waals surface area (Å²) in [7, 11) is -0.0271. The van der Waals surface area contributed by atoms with Crippen molar-refractivity contribution in [3.63, 3.8) is 0 Å². The number of aryl methyl sites for hydroxylation is 1. The third kappa shape index (κ3) is 16.9. The maximum atomic E-state index is 10.8. The molecule has 8 heteroatoms. The monoisotopic (exact) mass is 486 g/mol. The smallest absolute Gasteiger partial charge is 0.330 e. The molecule has 33 heavy (non-hydrogen) atoms. The van der Waals surface area contributed by atoms with Crippen LogP contribution < -0.4 is 10.1 Å². The van der Waals surface area contributed by atoms with E-state index in [9.17, 15) is 9.69 Å². The molecule has 0 aliphatic rings. The molecule has 2 atom stereocenters. The SMILES string of the molecule is CCCCCCCCCCCOc1ccc(CCC(COP(O)OCC[NH2+]C)OC=O)cc1. The summed E-state index contributed by atoms with van der Waals surface area (Å²) < 4.78 is 21.4. The summed E-state index contributed by atoms with van der Waals surface area (Å²) in [6.07, 6.45) is 12.6. The van der Waals surface area contributed by atoms with Crippen LogP contribution in [-0.2, 0) is 25.0 Å². The van der Waals surface area contributed by atoms with Gasteiger partial charge in [-0.15, -0.1) is 0 Å². The number of quaternary nitrogens is 1. The molecule has 0 aromatic heterocycles. The summed E-state index contributed by atoms with van der Waals surface area (Å²) >= 11 is 0. The highest BCUT2D eigenvalue weighted by Gasteiger charge is 2.15. The molecule has 3 N–H and O–H groups in total. The maximum Gasteiger partial charge on any atom is 0.330 e. The molecule has 7 nitrogen and oxygen atoms in total. The van der Waals surface area contributed by atoms with Gasteiger partial charge in [0.2, 0.25) is 0 Å². The van der Waals surface area contributed by atoms with Gasteiger partial charge >= 0.3 is 8.60 Å². The van der Waals surface area contributed by atoms with Crippen molar-refractivity contribution >= 4 is 15.1 Å². The molecule has 0 radical (unpaired) electrons. The third-order valence-corrected chi connectivity index (χ3v) is 6.20. The van der Waals surface area contributed by atoms with Crippen molar-refractivity contribution in [2.24, 2.45) is 0 Å². The Morgan fingerprint density at radius 1 is 0.970 bits per heavy atom. The van der Waals surface area contributed by atoms with Gasteiger partial charge in [0.15, 0.2) is 0 Å². The zero-order valence-corrected chi connectivity index (χ0v) is 21.5. The minimum absolute atomic E-state index is 0.108. The molecule has 1 aromatic rings. The van der Waals surface area contributed by atoms with Gasteiger partial charge in [-0.3, -0.25) is 4.79 Å². The standard InChI is InChI=1S/C25H44NO6P/c1-3-4-5-6-7-8-9-10-11-19-29-24-15-12-23(13-16-24)14-17-25(30-22-27)21-32-33(28)31-20-18-26-2/h12-13,15-16,22,25-26,28H,3-11,14,17-21H2,1-2H3/p+1. The van der Waals surface area contributed by atoms with Crippen LogP contribution in [0.25, 0.3) is 0 Å². The number of benzene rings is 1. The predicted molar refractivity (Wildman–Crippen MR) is 132 cm³/mol. The van der Waals surface area contributed by atoms with Gasteiger partial charge in [-0.2, -0.15) is 0 Å². The first kappa shape index (κ1) is 29.8. The van der Waals surface area contributed by atoms with Crippen molar-refractivity contribution in [3.8, 4) is 5.75 Å². The van der Waals surface area contributed by atoms with Crippen LogP contribution in [0.5, 0.6) is 5.75 Å². The average Bonchev–Trinajstić information content (AvgIpc) is 2.83. The zero-order chi connectivity index (χ0) is 24.0. The summed E-state index contributed by atoms with van der Waals surface area (Å²) in [5.41, 5.74) is 1.13. The molecule has 0 bridgehead atoms. The Morgan fingerprint density at radius 3 is 2.27 bits per heavy atom. The number of hydrogen-bond acceptors (Lipinski definition) is 6. The van der Waals surface area contributed by atoms with Crippen LogP contribution in [0.15, 0.2) is 24.3 Å². The first-order chi connectivity index (χ1) is 16.2. The van der Waals surface area contributed by atoms with E-state index in [1.165, 1.54) is 51.4 Å². The van der Waals surface area contributed by atoms with Gasteiger partial charge in [0.05, 0.1) is 26.8 Å². The zero-order valence-electron chi connectivity index (χ0n) is 20.6. The molecule has 0 heterocycles. The number of likely N-dealkylation sites (N-methyl/N-ethyl adjacent to an activating group) is 1. The number of nitrogens with two attached hydrogens (primary N) is 1. The van der Waals surface area contributed by atoms with Crippen molar-refractivity contribution < 1.29 is 33.5 Å². The first-order valence-corrected chi connectivity index (χ1v) is 13.7. The molecule has 0 amide bonds. The third-order valence-electron chi connectivity index (χ3n) is 5.42. The van der Waals surface area contributed by atoms with Crippen molar-refractivity contribution in [1.29, 1.82) is 0 Å². The van der Waals surface area contributed by atoms with Gasteiger partial charge in [-0.05, 0) is 37.0 Å². The fourth-order valence-corrected chi connectivity index (χ4v) is 4.01. The average molecular weight is 487 g/mol. The number of unbranched alkanes of at least 4 members (excludes halogenated alkanes) is 8. The van der Waals surface area contributed by atoms with E-state index in [2.05, 4.69) is 6.92 Å². The molecular weight excluding hydrogens is 441 g/mol. The Morgan fingerprint density at radius 2 is 1.64 bits per heavy atom. The minimum Gasteiger partial charge on any atom is -0.494 e. The van der Waals surface area contributed by atoms with Crippen molar-refractivity contribution in [2.45, 2.75) is 83.7 Å². The van der Waals surface area contributed by atoms with E-state index >= 15 is 0 Å². The fraction of sp³-hybridized carbons (Fsp3) is 0.720. The molecule has 1 aromatic carbocycles. The Hall–Kier alpha value is -1.24. The molecule has 190 valence electrons. The molecule has 0 fully saturated rings. The Bertz CT molecular complexity index is 575. The van der Waals surface area contributed by atoms with E-state index in [-0.39, 0.29) is 6.61 Å². The highest BCUT2D eigenvalue weighted by molar-refractivity contribution is 7.40. The highest BCUT2D eigenvalue weighted by atomic mass is 31.2. The molecule has 0 spiro atoms. The number of carbonyl (C=O) groups is 1. The lowest BCUT2D eigenvalue weighted by atomic mass is 10.1. The van der Waals surface area contributed by atoms with Gasteiger partial charge < -0.3 is 28.7 Å². The van der Waals surface area contributed by atoms with Crippen LogP contribution in [0.3, 0.4) is 0 Å². The quantitative estimate of drug-likeness (QED) is 0.134. The van der Waals surface area contributed by atoms with Gasteiger partial charge in [0, 0.05) is 0 Å². The fourth-order valence-electron chi connectivity index (χ4n) is 3.38. The van der Waals surface area contributed by atoms with Gasteiger partial charge in [-0.1, -0.05) is 70.4 Å². The molecule has 0 saturated carbocycles. The lowest BCUT2D eigenvalue weighted by Gasteiger charge is -2.17. The van der Waals surface area contributed by atoms with Gasteiger partial charge in [0.25, 0.3) is 6.47 Å². The molecule has 0 aliphatic heterocycles. The van der Waals surface area contributed by atoms with E-state index < -0.39 is 14.7 Å². The van der Waals surface area contributed by atoms with E-state index in [4.69, 9.17) is 18.5 Å². The number of rotatable bonds is 23. The summed E-state index contributed by atoms with van der Waals surface area (Å²) in [4.78, 5) is 20.5. The van der Waals surface area contributed by atoms with Crippen LogP contribution in [0.4, 0.5) is 0 Å². The molecule has 0 aliphatic carbocycles. The molecule has 2 unspecified atom stereocenters. The Kier molecular flexibility index (Phi) is 19.2. The van der Waals surface area contributed by atoms with Crippen molar-refractivity contribution in [3.05, 3.63) is 29.8 Å². The topological polar surface area (TPSA) is 90.8 Å². The largest absolute Gasteiger partial charge is 0.494 e. The second kappa shape index (κ2) is 21.3. The summed E-state index contributed by atoms with van der Waals surface area (Å²) in [5, 5.41) is 1.95. The number of hydrogen-bond donors (Lipinski definition) is 2.